The third kappa shape index (κ3) is 4.85. The molecule has 0 saturated heterocycles. The molecule has 0 aliphatic carbocycles. The summed E-state index contributed by atoms with van der Waals surface area (Å²) in [7, 11) is 0. The zero-order chi connectivity index (χ0) is 17.0. The lowest BCUT2D eigenvalue weighted by molar-refractivity contribution is -0.116. The van der Waals surface area contributed by atoms with Crippen LogP contribution in [0.3, 0.4) is 0 Å². The van der Waals surface area contributed by atoms with Gasteiger partial charge in [-0.15, -0.1) is 11.3 Å². The van der Waals surface area contributed by atoms with Crippen LogP contribution in [0.15, 0.2) is 23.6 Å². The van der Waals surface area contributed by atoms with Gasteiger partial charge < -0.3 is 5.32 Å². The maximum Gasteiger partial charge on any atom is 0.257 e. The Morgan fingerprint density at radius 1 is 1.30 bits per heavy atom. The summed E-state index contributed by atoms with van der Waals surface area (Å²) in [6.07, 6.45) is 0.311. The molecule has 0 bridgehead atoms. The van der Waals surface area contributed by atoms with Crippen molar-refractivity contribution in [3.63, 3.8) is 0 Å². The summed E-state index contributed by atoms with van der Waals surface area (Å²) in [6, 6.07) is 3.94. The summed E-state index contributed by atoms with van der Waals surface area (Å²) in [5.74, 6) is -1.16. The number of benzene rings is 1. The van der Waals surface area contributed by atoms with E-state index in [-0.39, 0.29) is 23.1 Å². The molecule has 0 atom stereocenters. The van der Waals surface area contributed by atoms with Gasteiger partial charge in [0.25, 0.3) is 5.91 Å². The highest BCUT2D eigenvalue weighted by molar-refractivity contribution is 7.13. The second-order valence-corrected chi connectivity index (χ2v) is 6.45. The van der Waals surface area contributed by atoms with Crippen molar-refractivity contribution in [2.24, 2.45) is 5.92 Å². The normalized spacial score (nSPS) is 10.7. The Kier molecular flexibility index (Phi) is 5.44. The number of carbonyl (C=O) groups is 2. The number of anilines is 2. The van der Waals surface area contributed by atoms with Crippen molar-refractivity contribution < 1.29 is 14.0 Å². The lowest BCUT2D eigenvalue weighted by atomic mass is 10.1. The minimum Gasteiger partial charge on any atom is -0.324 e. The maximum absolute atomic E-state index is 14.0. The fourth-order valence-electron chi connectivity index (χ4n) is 1.91. The Hall–Kier alpha value is -2.28. The molecule has 2 amide bonds. The Morgan fingerprint density at radius 2 is 2.04 bits per heavy atom. The summed E-state index contributed by atoms with van der Waals surface area (Å²) >= 11 is 1.30. The number of nitrogens with one attached hydrogen (secondary N) is 2. The smallest absolute Gasteiger partial charge is 0.257 e. The van der Waals surface area contributed by atoms with Crippen LogP contribution in [-0.2, 0) is 4.79 Å². The van der Waals surface area contributed by atoms with Crippen LogP contribution in [-0.4, -0.2) is 16.8 Å². The van der Waals surface area contributed by atoms with Crippen molar-refractivity contribution in [2.75, 3.05) is 10.6 Å². The van der Waals surface area contributed by atoms with Crippen molar-refractivity contribution in [2.45, 2.75) is 27.2 Å². The predicted octanol–water partition coefficient (Wildman–Crippen LogP) is 3.83. The number of thiazole rings is 1. The summed E-state index contributed by atoms with van der Waals surface area (Å²) in [5.41, 5.74) is 1.04. The molecule has 23 heavy (non-hydrogen) atoms. The molecule has 0 fully saturated rings. The highest BCUT2D eigenvalue weighted by Crippen LogP contribution is 2.19. The minimum absolute atomic E-state index is 0.0669. The molecule has 2 rings (SSSR count). The summed E-state index contributed by atoms with van der Waals surface area (Å²) < 4.78 is 14.0. The van der Waals surface area contributed by atoms with Crippen LogP contribution in [0.2, 0.25) is 0 Å². The summed E-state index contributed by atoms with van der Waals surface area (Å²) in [6.45, 7) is 5.63. The van der Waals surface area contributed by atoms with E-state index in [1.807, 2.05) is 26.2 Å². The largest absolute Gasteiger partial charge is 0.324 e. The van der Waals surface area contributed by atoms with Crippen molar-refractivity contribution >= 4 is 34.0 Å². The molecule has 0 radical (unpaired) electrons. The van der Waals surface area contributed by atoms with Crippen LogP contribution in [0.4, 0.5) is 15.2 Å². The van der Waals surface area contributed by atoms with E-state index in [0.717, 1.165) is 11.8 Å². The molecule has 1 aromatic heterocycles. The lowest BCUT2D eigenvalue weighted by Crippen LogP contribution is -2.16. The molecular formula is C16H18FN3O2S. The second kappa shape index (κ2) is 7.32. The topological polar surface area (TPSA) is 71.1 Å². The standard InChI is InChI=1S/C16H18FN3O2S/c1-9(2)6-14(21)19-13-5-4-11(7-12(13)17)15(22)20-16-18-10(3)8-23-16/h4-5,7-9H,6H2,1-3H3,(H,19,21)(H,18,20,22). The molecule has 0 unspecified atom stereocenters. The van der Waals surface area contributed by atoms with Crippen LogP contribution >= 0.6 is 11.3 Å². The number of amides is 2. The Balaban J connectivity index is 2.06. The highest BCUT2D eigenvalue weighted by atomic mass is 32.1. The molecular weight excluding hydrogens is 317 g/mol. The first-order valence-corrected chi connectivity index (χ1v) is 8.06. The number of aromatic nitrogens is 1. The van der Waals surface area contributed by atoms with Gasteiger partial charge in [0, 0.05) is 17.4 Å². The molecule has 2 N–H and O–H groups in total. The average molecular weight is 335 g/mol. The van der Waals surface area contributed by atoms with Gasteiger partial charge in [0.05, 0.1) is 11.4 Å². The summed E-state index contributed by atoms with van der Waals surface area (Å²) in [4.78, 5) is 27.8. The van der Waals surface area contributed by atoms with E-state index in [1.54, 1.807) is 0 Å². The predicted molar refractivity (Wildman–Crippen MR) is 89.3 cm³/mol. The summed E-state index contributed by atoms with van der Waals surface area (Å²) in [5, 5.41) is 7.38. The first-order valence-electron chi connectivity index (χ1n) is 7.18. The first-order chi connectivity index (χ1) is 10.8. The number of carbonyl (C=O) groups excluding carboxylic acids is 2. The second-order valence-electron chi connectivity index (χ2n) is 5.59. The molecule has 0 saturated carbocycles. The minimum atomic E-state index is -0.648. The molecule has 5 nitrogen and oxygen atoms in total. The van der Waals surface area contributed by atoms with Gasteiger partial charge >= 0.3 is 0 Å². The Bertz CT molecular complexity index is 728. The third-order valence-electron chi connectivity index (χ3n) is 2.94. The molecule has 1 aromatic carbocycles. The van der Waals surface area contributed by atoms with Crippen molar-refractivity contribution in [1.82, 2.24) is 4.98 Å². The fraction of sp³-hybridized carbons (Fsp3) is 0.312. The van der Waals surface area contributed by atoms with Gasteiger partial charge in [0.1, 0.15) is 5.82 Å². The Labute approximate surface area is 137 Å². The molecule has 0 aliphatic heterocycles. The number of rotatable bonds is 5. The SMILES string of the molecule is Cc1csc(NC(=O)c2ccc(NC(=O)CC(C)C)c(F)c2)n1. The van der Waals surface area contributed by atoms with Crippen LogP contribution in [0.25, 0.3) is 0 Å². The number of aryl methyl sites for hydroxylation is 1. The number of hydrogen-bond donors (Lipinski definition) is 2. The zero-order valence-electron chi connectivity index (χ0n) is 13.1. The molecule has 0 spiro atoms. The maximum atomic E-state index is 14.0. The van der Waals surface area contributed by atoms with Gasteiger partial charge in [-0.2, -0.15) is 0 Å². The van der Waals surface area contributed by atoms with Crippen LogP contribution in [0.1, 0.15) is 36.3 Å². The zero-order valence-corrected chi connectivity index (χ0v) is 14.0. The van der Waals surface area contributed by atoms with E-state index in [4.69, 9.17) is 0 Å². The van der Waals surface area contributed by atoms with Crippen LogP contribution < -0.4 is 10.6 Å². The van der Waals surface area contributed by atoms with Crippen molar-refractivity contribution in [1.29, 1.82) is 0 Å². The van der Waals surface area contributed by atoms with E-state index < -0.39 is 11.7 Å². The lowest BCUT2D eigenvalue weighted by Gasteiger charge is -2.09. The molecule has 0 aliphatic rings. The van der Waals surface area contributed by atoms with Crippen molar-refractivity contribution in [3.05, 3.63) is 40.7 Å². The first kappa shape index (κ1) is 17.1. The molecule has 2 aromatic rings. The average Bonchev–Trinajstić information content (AvgIpc) is 2.85. The number of hydrogen-bond acceptors (Lipinski definition) is 4. The van der Waals surface area contributed by atoms with E-state index in [1.165, 1.54) is 23.5 Å². The van der Waals surface area contributed by atoms with Crippen LogP contribution in [0.5, 0.6) is 0 Å². The van der Waals surface area contributed by atoms with E-state index in [2.05, 4.69) is 15.6 Å². The number of halogens is 1. The van der Waals surface area contributed by atoms with E-state index in [9.17, 15) is 14.0 Å². The van der Waals surface area contributed by atoms with Gasteiger partial charge in [-0.05, 0) is 31.0 Å². The van der Waals surface area contributed by atoms with Gasteiger partial charge in [0.2, 0.25) is 5.91 Å². The van der Waals surface area contributed by atoms with Crippen molar-refractivity contribution in [3.8, 4) is 0 Å². The highest BCUT2D eigenvalue weighted by Gasteiger charge is 2.13. The van der Waals surface area contributed by atoms with E-state index >= 15 is 0 Å². The molecule has 1 heterocycles. The van der Waals surface area contributed by atoms with Gasteiger partial charge in [-0.1, -0.05) is 13.8 Å². The third-order valence-corrected chi connectivity index (χ3v) is 3.81. The molecule has 7 heteroatoms. The quantitative estimate of drug-likeness (QED) is 0.872. The number of nitrogens with zero attached hydrogens (tertiary/aromatic N) is 1. The van der Waals surface area contributed by atoms with Crippen LogP contribution in [0, 0.1) is 18.7 Å². The fourth-order valence-corrected chi connectivity index (χ4v) is 2.59. The van der Waals surface area contributed by atoms with Gasteiger partial charge in [0.15, 0.2) is 5.13 Å². The van der Waals surface area contributed by atoms with Gasteiger partial charge in [-0.3, -0.25) is 14.9 Å². The molecule has 122 valence electrons. The Morgan fingerprint density at radius 3 is 2.61 bits per heavy atom. The van der Waals surface area contributed by atoms with E-state index in [0.29, 0.717) is 11.6 Å². The van der Waals surface area contributed by atoms with Gasteiger partial charge in [-0.25, -0.2) is 9.37 Å². The monoisotopic (exact) mass is 335 g/mol.